The minimum absolute atomic E-state index is 0.0885. The molecular weight excluding hydrogens is 472 g/mol. The van der Waals surface area contributed by atoms with Crippen LogP contribution in [0.25, 0.3) is 10.9 Å². The molecule has 2 aromatic heterocycles. The Morgan fingerprint density at radius 1 is 1.27 bits per heavy atom. The molecule has 2 atom stereocenters. The molecule has 0 spiro atoms. The Kier molecular flexibility index (Phi) is 8.14. The Hall–Kier alpha value is -2.65. The van der Waals surface area contributed by atoms with Gasteiger partial charge in [-0.25, -0.2) is 4.79 Å². The molecule has 0 radical (unpaired) electrons. The van der Waals surface area contributed by atoms with Crippen molar-refractivity contribution in [3.63, 3.8) is 0 Å². The molecule has 0 bridgehead atoms. The van der Waals surface area contributed by atoms with E-state index in [-0.39, 0.29) is 24.5 Å². The zero-order chi connectivity index (χ0) is 26.9. The maximum atomic E-state index is 13.8. The van der Waals surface area contributed by atoms with Crippen molar-refractivity contribution in [1.29, 1.82) is 0 Å². The SMILES string of the molecule is COCCCn1cc(C)c2c(C)nc(C(C)N(C(=O)[C@H]3CN(C(=O)OC(C)(C)C)CCO3)C3CC3)cc21. The first kappa shape index (κ1) is 27.4. The Morgan fingerprint density at radius 3 is 2.65 bits per heavy atom. The second kappa shape index (κ2) is 11.0. The van der Waals surface area contributed by atoms with E-state index in [4.69, 9.17) is 19.2 Å². The fourth-order valence-corrected chi connectivity index (χ4v) is 5.18. The van der Waals surface area contributed by atoms with Gasteiger partial charge in [-0.3, -0.25) is 9.78 Å². The molecule has 37 heavy (non-hydrogen) atoms. The minimum Gasteiger partial charge on any atom is -0.444 e. The zero-order valence-corrected chi connectivity index (χ0v) is 23.4. The van der Waals surface area contributed by atoms with Crippen molar-refractivity contribution < 1.29 is 23.8 Å². The van der Waals surface area contributed by atoms with Crippen LogP contribution in [0.5, 0.6) is 0 Å². The summed E-state index contributed by atoms with van der Waals surface area (Å²) in [6.07, 6.45) is 3.90. The Morgan fingerprint density at radius 2 is 2.00 bits per heavy atom. The van der Waals surface area contributed by atoms with E-state index >= 15 is 0 Å². The van der Waals surface area contributed by atoms with Crippen LogP contribution in [0.15, 0.2) is 12.3 Å². The van der Waals surface area contributed by atoms with Crippen LogP contribution in [0, 0.1) is 13.8 Å². The lowest BCUT2D eigenvalue weighted by molar-refractivity contribution is -0.152. The first-order valence-corrected chi connectivity index (χ1v) is 13.4. The number of morpholine rings is 1. The number of pyridine rings is 1. The number of carbonyl (C=O) groups is 2. The van der Waals surface area contributed by atoms with Crippen molar-refractivity contribution in [2.24, 2.45) is 0 Å². The highest BCUT2D eigenvalue weighted by Crippen LogP contribution is 2.36. The first-order valence-electron chi connectivity index (χ1n) is 13.4. The molecule has 3 heterocycles. The number of aryl methyl sites for hydroxylation is 3. The Balaban J connectivity index is 1.57. The number of aromatic nitrogens is 2. The molecule has 1 unspecified atom stereocenters. The molecule has 2 fully saturated rings. The van der Waals surface area contributed by atoms with Crippen molar-refractivity contribution in [3.05, 3.63) is 29.2 Å². The molecule has 0 N–H and O–H groups in total. The van der Waals surface area contributed by atoms with Crippen LogP contribution in [-0.4, -0.2) is 82.5 Å². The van der Waals surface area contributed by atoms with Crippen molar-refractivity contribution in [2.45, 2.75) is 91.1 Å². The van der Waals surface area contributed by atoms with Crippen LogP contribution in [0.4, 0.5) is 4.79 Å². The number of nitrogens with zero attached hydrogens (tertiary/aromatic N) is 4. The number of hydrogen-bond donors (Lipinski definition) is 0. The van der Waals surface area contributed by atoms with E-state index in [0.717, 1.165) is 42.7 Å². The molecule has 2 aromatic rings. The van der Waals surface area contributed by atoms with Crippen molar-refractivity contribution in [3.8, 4) is 0 Å². The van der Waals surface area contributed by atoms with Gasteiger partial charge in [-0.1, -0.05) is 0 Å². The number of carbonyl (C=O) groups excluding carboxylic acids is 2. The summed E-state index contributed by atoms with van der Waals surface area (Å²) in [7, 11) is 1.72. The fraction of sp³-hybridized carbons (Fsp3) is 0.679. The standard InChI is InChI=1S/C28H42N4O5/c1-18-16-30(11-8-13-35-7)23-15-22(29-19(2)25(18)23)20(3)32(21-9-10-21)26(33)24-17-31(12-14-36-24)27(34)37-28(4,5)6/h15-16,20-21,24H,8-14,17H2,1-7H3/t20?,24-/m1/s1. The summed E-state index contributed by atoms with van der Waals surface area (Å²) in [5, 5.41) is 1.17. The molecule has 4 rings (SSSR count). The summed E-state index contributed by atoms with van der Waals surface area (Å²) in [4.78, 5) is 34.9. The molecule has 0 aromatic carbocycles. The van der Waals surface area contributed by atoms with Crippen molar-refractivity contribution >= 4 is 22.9 Å². The molecule has 2 amide bonds. The molecule has 9 nitrogen and oxygen atoms in total. The highest BCUT2D eigenvalue weighted by Gasteiger charge is 2.42. The summed E-state index contributed by atoms with van der Waals surface area (Å²) in [6, 6.07) is 2.08. The molecule has 9 heteroatoms. The molecule has 1 aliphatic carbocycles. The predicted octanol–water partition coefficient (Wildman–Crippen LogP) is 4.38. The molecular formula is C28H42N4O5. The summed E-state index contributed by atoms with van der Waals surface area (Å²) in [5.41, 5.74) is 3.58. The highest BCUT2D eigenvalue weighted by molar-refractivity contribution is 5.87. The van der Waals surface area contributed by atoms with Crippen LogP contribution < -0.4 is 0 Å². The molecule has 2 aliphatic rings. The lowest BCUT2D eigenvalue weighted by Gasteiger charge is -2.37. The van der Waals surface area contributed by atoms with Gasteiger partial charge >= 0.3 is 6.09 Å². The quantitative estimate of drug-likeness (QED) is 0.486. The number of rotatable bonds is 8. The largest absolute Gasteiger partial charge is 0.444 e. The van der Waals surface area contributed by atoms with Gasteiger partial charge in [0.05, 0.1) is 30.4 Å². The maximum absolute atomic E-state index is 13.8. The topological polar surface area (TPSA) is 86.1 Å². The average Bonchev–Trinajstić information content (AvgIpc) is 3.61. The van der Waals surface area contributed by atoms with Gasteiger partial charge in [-0.05, 0) is 72.4 Å². The van der Waals surface area contributed by atoms with E-state index < -0.39 is 17.8 Å². The van der Waals surface area contributed by atoms with Gasteiger partial charge in [0.1, 0.15) is 5.60 Å². The van der Waals surface area contributed by atoms with E-state index in [1.807, 2.05) is 39.5 Å². The van der Waals surface area contributed by atoms with Crippen LogP contribution in [0.2, 0.25) is 0 Å². The van der Waals surface area contributed by atoms with E-state index in [1.165, 1.54) is 10.9 Å². The van der Waals surface area contributed by atoms with Crippen LogP contribution in [0.3, 0.4) is 0 Å². The zero-order valence-electron chi connectivity index (χ0n) is 23.4. The van der Waals surface area contributed by atoms with E-state index in [1.54, 1.807) is 12.0 Å². The minimum atomic E-state index is -0.714. The first-order chi connectivity index (χ1) is 17.5. The second-order valence-electron chi connectivity index (χ2n) is 11.3. The summed E-state index contributed by atoms with van der Waals surface area (Å²) in [5.74, 6) is -0.0885. The lowest BCUT2D eigenvalue weighted by atomic mass is 10.1. The second-order valence-corrected chi connectivity index (χ2v) is 11.3. The highest BCUT2D eigenvalue weighted by atomic mass is 16.6. The lowest BCUT2D eigenvalue weighted by Crippen LogP contribution is -2.54. The number of hydrogen-bond acceptors (Lipinski definition) is 6. The molecule has 204 valence electrons. The molecule has 1 saturated heterocycles. The Bertz CT molecular complexity index is 1130. The monoisotopic (exact) mass is 514 g/mol. The predicted molar refractivity (Wildman–Crippen MR) is 142 cm³/mol. The van der Waals surface area contributed by atoms with Gasteiger partial charge in [0.2, 0.25) is 0 Å². The smallest absolute Gasteiger partial charge is 0.410 e. The van der Waals surface area contributed by atoms with E-state index in [9.17, 15) is 9.59 Å². The molecule has 1 aliphatic heterocycles. The van der Waals surface area contributed by atoms with Gasteiger partial charge in [-0.2, -0.15) is 0 Å². The Labute approximate surface area is 220 Å². The van der Waals surface area contributed by atoms with Gasteiger partial charge < -0.3 is 28.6 Å². The maximum Gasteiger partial charge on any atom is 0.410 e. The summed E-state index contributed by atoms with van der Waals surface area (Å²) in [6.45, 7) is 14.2. The van der Waals surface area contributed by atoms with Gasteiger partial charge in [0.25, 0.3) is 5.91 Å². The van der Waals surface area contributed by atoms with Gasteiger partial charge in [0.15, 0.2) is 6.10 Å². The van der Waals surface area contributed by atoms with Crippen molar-refractivity contribution in [2.75, 3.05) is 33.4 Å². The molecule has 1 saturated carbocycles. The fourth-order valence-electron chi connectivity index (χ4n) is 5.18. The number of ether oxygens (including phenoxy) is 3. The average molecular weight is 515 g/mol. The number of amides is 2. The summed E-state index contributed by atoms with van der Waals surface area (Å²) >= 11 is 0. The normalized spacial score (nSPS) is 19.2. The number of methoxy groups -OCH3 is 1. The third kappa shape index (κ3) is 6.26. The number of fused-ring (bicyclic) bond motifs is 1. The summed E-state index contributed by atoms with van der Waals surface area (Å²) < 4.78 is 18.9. The third-order valence-electron chi connectivity index (χ3n) is 7.03. The van der Waals surface area contributed by atoms with Gasteiger partial charge in [-0.15, -0.1) is 0 Å². The van der Waals surface area contributed by atoms with E-state index in [2.05, 4.69) is 23.8 Å². The third-order valence-corrected chi connectivity index (χ3v) is 7.03. The van der Waals surface area contributed by atoms with Crippen LogP contribution in [0.1, 0.15) is 70.0 Å². The van der Waals surface area contributed by atoms with Gasteiger partial charge in [0, 0.05) is 50.1 Å². The van der Waals surface area contributed by atoms with Crippen molar-refractivity contribution in [1.82, 2.24) is 19.4 Å². The van der Waals surface area contributed by atoms with Crippen LogP contribution >= 0.6 is 0 Å². The van der Waals surface area contributed by atoms with E-state index in [0.29, 0.717) is 19.8 Å². The van der Waals surface area contributed by atoms with Crippen LogP contribution in [-0.2, 0) is 25.5 Å².